The van der Waals surface area contributed by atoms with Gasteiger partial charge in [-0.15, -0.1) is 0 Å². The number of rotatable bonds is 4. The van der Waals surface area contributed by atoms with Gasteiger partial charge in [0.1, 0.15) is 5.75 Å². The average Bonchev–Trinajstić information content (AvgIpc) is 3.05. The van der Waals surface area contributed by atoms with Crippen LogP contribution >= 0.6 is 15.9 Å². The lowest BCUT2D eigenvalue weighted by molar-refractivity contribution is -0.148. The fourth-order valence-corrected chi connectivity index (χ4v) is 4.41. The van der Waals surface area contributed by atoms with Gasteiger partial charge < -0.3 is 9.84 Å². The van der Waals surface area contributed by atoms with Crippen LogP contribution in [0.25, 0.3) is 0 Å². The van der Waals surface area contributed by atoms with Gasteiger partial charge in [0.05, 0.1) is 12.0 Å². The maximum Gasteiger partial charge on any atom is 0.309 e. The Labute approximate surface area is 133 Å². The monoisotopic (exact) mass is 352 g/mol. The number of hydrogen-bond acceptors (Lipinski definition) is 2. The van der Waals surface area contributed by atoms with Crippen molar-refractivity contribution in [1.29, 1.82) is 0 Å². The first-order valence-electron chi connectivity index (χ1n) is 7.71. The normalized spacial score (nSPS) is 27.4. The van der Waals surface area contributed by atoms with Gasteiger partial charge >= 0.3 is 5.97 Å². The number of fused-ring (bicyclic) bond motifs is 1. The number of carboxylic acids is 1. The van der Waals surface area contributed by atoms with Crippen LogP contribution in [0.4, 0.5) is 0 Å². The Kier molecular flexibility index (Phi) is 4.00. The maximum absolute atomic E-state index is 11.9. The van der Waals surface area contributed by atoms with Gasteiger partial charge in [-0.05, 0) is 54.9 Å². The highest BCUT2D eigenvalue weighted by Crippen LogP contribution is 2.47. The van der Waals surface area contributed by atoms with Crippen LogP contribution in [0.15, 0.2) is 16.6 Å². The van der Waals surface area contributed by atoms with Crippen molar-refractivity contribution in [1.82, 2.24) is 0 Å². The highest BCUT2D eigenvalue weighted by atomic mass is 79.9. The Bertz CT molecular complexity index is 569. The molecule has 3 rings (SSSR count). The highest BCUT2D eigenvalue weighted by molar-refractivity contribution is 9.10. The smallest absolute Gasteiger partial charge is 0.309 e. The van der Waals surface area contributed by atoms with Crippen molar-refractivity contribution >= 4 is 21.9 Å². The van der Waals surface area contributed by atoms with E-state index >= 15 is 0 Å². The van der Waals surface area contributed by atoms with Crippen LogP contribution in [0.2, 0.25) is 0 Å². The van der Waals surface area contributed by atoms with Gasteiger partial charge in [-0.25, -0.2) is 0 Å². The van der Waals surface area contributed by atoms with Gasteiger partial charge in [-0.3, -0.25) is 4.79 Å². The zero-order valence-corrected chi connectivity index (χ0v) is 13.9. The Morgan fingerprint density at radius 3 is 3.00 bits per heavy atom. The molecule has 3 nitrogen and oxygen atoms in total. The molecular weight excluding hydrogens is 332 g/mol. The lowest BCUT2D eigenvalue weighted by Crippen LogP contribution is -2.31. The van der Waals surface area contributed by atoms with Crippen LogP contribution in [-0.4, -0.2) is 17.7 Å². The molecule has 1 aromatic rings. The summed E-state index contributed by atoms with van der Waals surface area (Å²) < 4.78 is 6.78. The van der Waals surface area contributed by atoms with Crippen molar-refractivity contribution in [3.63, 3.8) is 0 Å². The summed E-state index contributed by atoms with van der Waals surface area (Å²) in [5.41, 5.74) is 1.64. The molecule has 1 heterocycles. The second kappa shape index (κ2) is 5.64. The highest BCUT2D eigenvalue weighted by Gasteiger charge is 2.45. The van der Waals surface area contributed by atoms with E-state index in [1.165, 1.54) is 5.56 Å². The molecule has 2 aliphatic rings. The first kappa shape index (κ1) is 14.9. The third-order valence-corrected chi connectivity index (χ3v) is 5.55. The molecule has 21 heavy (non-hydrogen) atoms. The van der Waals surface area contributed by atoms with Gasteiger partial charge in [0.2, 0.25) is 0 Å². The molecule has 0 amide bonds. The lowest BCUT2D eigenvalue weighted by Gasteiger charge is -2.25. The number of carboxylic acid groups (broad SMARTS) is 1. The quantitative estimate of drug-likeness (QED) is 0.882. The summed E-state index contributed by atoms with van der Waals surface area (Å²) in [6.45, 7) is 2.86. The number of benzene rings is 1. The van der Waals surface area contributed by atoms with E-state index < -0.39 is 11.4 Å². The number of halogens is 1. The first-order valence-corrected chi connectivity index (χ1v) is 8.51. The Morgan fingerprint density at radius 2 is 2.33 bits per heavy atom. The molecule has 1 aliphatic heterocycles. The van der Waals surface area contributed by atoms with Crippen LogP contribution in [0.1, 0.15) is 43.7 Å². The fourth-order valence-electron chi connectivity index (χ4n) is 3.86. The van der Waals surface area contributed by atoms with Crippen molar-refractivity contribution in [2.45, 2.75) is 45.4 Å². The molecule has 0 spiro atoms. The molecule has 0 bridgehead atoms. The predicted octanol–water partition coefficient (Wildman–Crippen LogP) is 4.21. The number of aliphatic carboxylic acids is 1. The summed E-state index contributed by atoms with van der Waals surface area (Å²) in [4.78, 5) is 11.9. The second-order valence-corrected chi connectivity index (χ2v) is 7.35. The summed E-state index contributed by atoms with van der Waals surface area (Å²) >= 11 is 3.54. The van der Waals surface area contributed by atoms with Gasteiger partial charge in [0.25, 0.3) is 0 Å². The molecule has 1 aliphatic carbocycles. The molecule has 2 atom stereocenters. The Balaban J connectivity index is 1.93. The summed E-state index contributed by atoms with van der Waals surface area (Å²) in [7, 11) is 0. The lowest BCUT2D eigenvalue weighted by atomic mass is 9.78. The zero-order valence-electron chi connectivity index (χ0n) is 12.3. The van der Waals surface area contributed by atoms with E-state index in [1.807, 2.05) is 6.07 Å². The molecule has 0 aromatic heterocycles. The topological polar surface area (TPSA) is 46.5 Å². The van der Waals surface area contributed by atoms with E-state index in [2.05, 4.69) is 28.9 Å². The molecule has 4 heteroatoms. The average molecular weight is 353 g/mol. The zero-order chi connectivity index (χ0) is 15.0. The van der Waals surface area contributed by atoms with Crippen LogP contribution in [0, 0.1) is 11.3 Å². The number of ether oxygens (including phenoxy) is 1. The van der Waals surface area contributed by atoms with Crippen LogP contribution in [-0.2, 0) is 17.6 Å². The minimum Gasteiger partial charge on any atom is -0.493 e. The standard InChI is InChI=1S/C17H21BrO3/c1-2-11-3-5-17(9-11,16(19)20)10-13-8-14(18)7-12-4-6-21-15(12)13/h7-8,11H,2-6,9-10H2,1H3,(H,19,20). The van der Waals surface area contributed by atoms with E-state index in [1.54, 1.807) is 0 Å². The van der Waals surface area contributed by atoms with E-state index in [-0.39, 0.29) is 0 Å². The Morgan fingerprint density at radius 1 is 1.52 bits per heavy atom. The predicted molar refractivity (Wildman–Crippen MR) is 84.7 cm³/mol. The molecule has 1 fully saturated rings. The van der Waals surface area contributed by atoms with Crippen molar-refractivity contribution in [3.05, 3.63) is 27.7 Å². The molecule has 0 radical (unpaired) electrons. The van der Waals surface area contributed by atoms with Gasteiger partial charge in [0.15, 0.2) is 0 Å². The van der Waals surface area contributed by atoms with Gasteiger partial charge in [-0.1, -0.05) is 29.3 Å². The SMILES string of the molecule is CCC1CCC(Cc2cc(Br)cc3c2OCC3)(C(=O)O)C1. The first-order chi connectivity index (χ1) is 10.0. The van der Waals surface area contributed by atoms with Crippen molar-refractivity contribution in [2.24, 2.45) is 11.3 Å². The fraction of sp³-hybridized carbons (Fsp3) is 0.588. The van der Waals surface area contributed by atoms with E-state index in [9.17, 15) is 9.90 Å². The summed E-state index contributed by atoms with van der Waals surface area (Å²) in [5, 5.41) is 9.80. The largest absolute Gasteiger partial charge is 0.493 e. The molecule has 1 N–H and O–H groups in total. The molecule has 114 valence electrons. The van der Waals surface area contributed by atoms with Gasteiger partial charge in [-0.2, -0.15) is 0 Å². The van der Waals surface area contributed by atoms with Crippen LogP contribution in [0.3, 0.4) is 0 Å². The minimum absolute atomic E-state index is 0.544. The van der Waals surface area contributed by atoms with E-state index in [0.717, 1.165) is 47.9 Å². The third kappa shape index (κ3) is 2.70. The second-order valence-electron chi connectivity index (χ2n) is 6.43. The van der Waals surface area contributed by atoms with Crippen molar-refractivity contribution < 1.29 is 14.6 Å². The Hall–Kier alpha value is -1.03. The molecule has 0 saturated heterocycles. The van der Waals surface area contributed by atoms with Crippen LogP contribution < -0.4 is 4.74 Å². The van der Waals surface area contributed by atoms with Crippen molar-refractivity contribution in [3.8, 4) is 5.75 Å². The molecule has 2 unspecified atom stereocenters. The van der Waals surface area contributed by atoms with Crippen molar-refractivity contribution in [2.75, 3.05) is 6.61 Å². The van der Waals surface area contributed by atoms with Crippen LogP contribution in [0.5, 0.6) is 5.75 Å². The molecule has 1 aromatic carbocycles. The summed E-state index contributed by atoms with van der Waals surface area (Å²) in [5.74, 6) is 0.825. The van der Waals surface area contributed by atoms with Gasteiger partial charge in [0, 0.05) is 10.9 Å². The summed E-state index contributed by atoms with van der Waals surface area (Å²) in [6, 6.07) is 4.12. The number of hydrogen-bond donors (Lipinski definition) is 1. The molecule has 1 saturated carbocycles. The summed E-state index contributed by atoms with van der Waals surface area (Å²) in [6.07, 6.45) is 5.17. The van der Waals surface area contributed by atoms with E-state index in [0.29, 0.717) is 18.9 Å². The minimum atomic E-state index is -0.648. The maximum atomic E-state index is 11.9. The number of carbonyl (C=O) groups is 1. The third-order valence-electron chi connectivity index (χ3n) is 5.10. The molecular formula is C17H21BrO3. The van der Waals surface area contributed by atoms with E-state index in [4.69, 9.17) is 4.74 Å².